The highest BCUT2D eigenvalue weighted by atomic mass is 16.5. The number of ketones is 1. The normalized spacial score (nSPS) is 20.6. The van der Waals surface area contributed by atoms with Gasteiger partial charge in [-0.25, -0.2) is 4.79 Å². The number of rotatable bonds is 4. The van der Waals surface area contributed by atoms with E-state index in [0.717, 1.165) is 36.2 Å². The number of pyridine rings is 1. The van der Waals surface area contributed by atoms with Crippen LogP contribution in [0.4, 0.5) is 0 Å². The molecule has 0 spiro atoms. The summed E-state index contributed by atoms with van der Waals surface area (Å²) in [6.07, 6.45) is 6.34. The van der Waals surface area contributed by atoms with E-state index in [1.807, 2.05) is 26.0 Å². The van der Waals surface area contributed by atoms with E-state index in [1.165, 1.54) is 0 Å². The Bertz CT molecular complexity index is 719. The fourth-order valence-corrected chi connectivity index (χ4v) is 3.42. The molecule has 2 heterocycles. The van der Waals surface area contributed by atoms with Crippen molar-refractivity contribution in [1.29, 1.82) is 0 Å². The number of allylic oxidation sites excluding steroid dienone is 3. The van der Waals surface area contributed by atoms with Crippen LogP contribution in [0.15, 0.2) is 47.1 Å². The highest BCUT2D eigenvalue weighted by Gasteiger charge is 2.38. The van der Waals surface area contributed by atoms with Crippen molar-refractivity contribution in [2.24, 2.45) is 0 Å². The molecule has 0 amide bonds. The molecule has 1 aliphatic heterocycles. The minimum atomic E-state index is -0.374. The predicted octanol–water partition coefficient (Wildman–Crippen LogP) is 3.00. The van der Waals surface area contributed by atoms with Crippen molar-refractivity contribution in [3.05, 3.63) is 52.6 Å². The lowest BCUT2D eigenvalue weighted by Gasteiger charge is -2.34. The van der Waals surface area contributed by atoms with Gasteiger partial charge in [0.25, 0.3) is 0 Å². The summed E-state index contributed by atoms with van der Waals surface area (Å²) in [4.78, 5) is 29.3. The molecule has 126 valence electrons. The maximum Gasteiger partial charge on any atom is 0.336 e. The van der Waals surface area contributed by atoms with Crippen molar-refractivity contribution in [2.75, 3.05) is 6.61 Å². The van der Waals surface area contributed by atoms with Gasteiger partial charge >= 0.3 is 5.97 Å². The second-order valence-electron chi connectivity index (χ2n) is 6.18. The lowest BCUT2D eigenvalue weighted by Crippen LogP contribution is -2.34. The monoisotopic (exact) mass is 326 g/mol. The number of ether oxygens (including phenoxy) is 1. The number of carbonyl (C=O) groups excluding carboxylic acids is 2. The SMILES string of the molecule is CCCOC(=O)C1=C(C)NC2=C(C(=O)CCC2)C1c1ccncc1. The summed E-state index contributed by atoms with van der Waals surface area (Å²) in [6, 6.07) is 3.73. The fraction of sp³-hybridized carbons (Fsp3) is 0.421. The summed E-state index contributed by atoms with van der Waals surface area (Å²) in [5.41, 5.74) is 3.85. The average molecular weight is 326 g/mol. The van der Waals surface area contributed by atoms with Gasteiger partial charge in [-0.15, -0.1) is 0 Å². The molecular weight excluding hydrogens is 304 g/mol. The van der Waals surface area contributed by atoms with E-state index in [-0.39, 0.29) is 17.7 Å². The molecule has 24 heavy (non-hydrogen) atoms. The lowest BCUT2D eigenvalue weighted by atomic mass is 9.75. The summed E-state index contributed by atoms with van der Waals surface area (Å²) in [6.45, 7) is 4.21. The second-order valence-corrected chi connectivity index (χ2v) is 6.18. The topological polar surface area (TPSA) is 68.3 Å². The number of carbonyl (C=O) groups is 2. The van der Waals surface area contributed by atoms with Gasteiger partial charge in [0, 0.05) is 41.7 Å². The van der Waals surface area contributed by atoms with Gasteiger partial charge in [-0.3, -0.25) is 9.78 Å². The lowest BCUT2D eigenvalue weighted by molar-refractivity contribution is -0.139. The van der Waals surface area contributed by atoms with Crippen LogP contribution in [0, 0.1) is 0 Å². The Kier molecular flexibility index (Phi) is 4.79. The van der Waals surface area contributed by atoms with Gasteiger partial charge in [0.15, 0.2) is 5.78 Å². The largest absolute Gasteiger partial charge is 0.462 e. The molecule has 5 nitrogen and oxygen atoms in total. The van der Waals surface area contributed by atoms with Crippen LogP contribution in [0.25, 0.3) is 0 Å². The molecule has 1 aromatic heterocycles. The van der Waals surface area contributed by atoms with Gasteiger partial charge in [0.1, 0.15) is 0 Å². The molecule has 0 fully saturated rings. The Hall–Kier alpha value is -2.43. The van der Waals surface area contributed by atoms with Crippen LogP contribution < -0.4 is 5.32 Å². The summed E-state index contributed by atoms with van der Waals surface area (Å²) in [5, 5.41) is 3.28. The summed E-state index contributed by atoms with van der Waals surface area (Å²) >= 11 is 0. The Morgan fingerprint density at radius 3 is 2.79 bits per heavy atom. The first-order valence-electron chi connectivity index (χ1n) is 8.44. The third-order valence-corrected chi connectivity index (χ3v) is 4.47. The smallest absolute Gasteiger partial charge is 0.336 e. The van der Waals surface area contributed by atoms with Crippen LogP contribution in [0.3, 0.4) is 0 Å². The predicted molar refractivity (Wildman–Crippen MR) is 89.9 cm³/mol. The van der Waals surface area contributed by atoms with E-state index in [9.17, 15) is 9.59 Å². The van der Waals surface area contributed by atoms with Gasteiger partial charge in [0.2, 0.25) is 0 Å². The van der Waals surface area contributed by atoms with E-state index >= 15 is 0 Å². The van der Waals surface area contributed by atoms with E-state index < -0.39 is 0 Å². The Labute approximate surface area is 141 Å². The quantitative estimate of drug-likeness (QED) is 0.862. The van der Waals surface area contributed by atoms with Crippen LogP contribution in [0.2, 0.25) is 0 Å². The minimum absolute atomic E-state index is 0.110. The van der Waals surface area contributed by atoms with Gasteiger partial charge < -0.3 is 10.1 Å². The molecule has 0 bridgehead atoms. The Morgan fingerprint density at radius 2 is 2.08 bits per heavy atom. The maximum absolute atomic E-state index is 12.7. The molecule has 2 aliphatic rings. The summed E-state index contributed by atoms with van der Waals surface area (Å²) in [5.74, 6) is -0.617. The van der Waals surface area contributed by atoms with Crippen LogP contribution in [-0.4, -0.2) is 23.3 Å². The molecule has 0 aromatic carbocycles. The number of hydrogen-bond acceptors (Lipinski definition) is 5. The summed E-state index contributed by atoms with van der Waals surface area (Å²) < 4.78 is 5.38. The zero-order chi connectivity index (χ0) is 17.1. The molecule has 0 saturated carbocycles. The minimum Gasteiger partial charge on any atom is -0.462 e. The number of hydrogen-bond donors (Lipinski definition) is 1. The van der Waals surface area contributed by atoms with Crippen molar-refractivity contribution < 1.29 is 14.3 Å². The van der Waals surface area contributed by atoms with Gasteiger partial charge in [0.05, 0.1) is 12.2 Å². The zero-order valence-electron chi connectivity index (χ0n) is 14.1. The molecule has 5 heteroatoms. The van der Waals surface area contributed by atoms with Crippen molar-refractivity contribution >= 4 is 11.8 Å². The number of aromatic nitrogens is 1. The molecule has 0 radical (unpaired) electrons. The zero-order valence-corrected chi connectivity index (χ0v) is 14.1. The van der Waals surface area contributed by atoms with Crippen molar-refractivity contribution in [3.63, 3.8) is 0 Å². The number of Topliss-reactive ketones (excluding diaryl/α,β-unsaturated/α-hetero) is 1. The maximum atomic E-state index is 12.7. The molecule has 1 aromatic rings. The first-order chi connectivity index (χ1) is 11.6. The number of dihydropyridines is 1. The molecule has 0 saturated heterocycles. The third-order valence-electron chi connectivity index (χ3n) is 4.47. The van der Waals surface area contributed by atoms with Gasteiger partial charge in [-0.2, -0.15) is 0 Å². The van der Waals surface area contributed by atoms with Gasteiger partial charge in [-0.05, 0) is 43.9 Å². The number of esters is 1. The molecule has 1 unspecified atom stereocenters. The van der Waals surface area contributed by atoms with E-state index in [2.05, 4.69) is 10.3 Å². The second kappa shape index (κ2) is 6.99. The Morgan fingerprint density at radius 1 is 1.33 bits per heavy atom. The van der Waals surface area contributed by atoms with Gasteiger partial charge in [-0.1, -0.05) is 6.92 Å². The Balaban J connectivity index is 2.09. The van der Waals surface area contributed by atoms with Crippen LogP contribution in [-0.2, 0) is 14.3 Å². The van der Waals surface area contributed by atoms with E-state index in [4.69, 9.17) is 4.74 Å². The molecule has 1 aliphatic carbocycles. The van der Waals surface area contributed by atoms with Crippen molar-refractivity contribution in [1.82, 2.24) is 10.3 Å². The van der Waals surface area contributed by atoms with Crippen molar-refractivity contribution in [3.8, 4) is 0 Å². The molecule has 3 rings (SSSR count). The number of nitrogens with zero attached hydrogens (tertiary/aromatic N) is 1. The molecular formula is C19H22N2O3. The first kappa shape index (κ1) is 16.4. The van der Waals surface area contributed by atoms with Crippen molar-refractivity contribution in [2.45, 2.75) is 45.4 Å². The average Bonchev–Trinajstić information content (AvgIpc) is 2.59. The summed E-state index contributed by atoms with van der Waals surface area (Å²) in [7, 11) is 0. The highest BCUT2D eigenvalue weighted by molar-refractivity contribution is 6.03. The fourth-order valence-electron chi connectivity index (χ4n) is 3.42. The van der Waals surface area contributed by atoms with E-state index in [0.29, 0.717) is 24.2 Å². The molecule has 1 atom stereocenters. The van der Waals surface area contributed by atoms with E-state index in [1.54, 1.807) is 12.4 Å². The molecule has 1 N–H and O–H groups in total. The first-order valence-corrected chi connectivity index (χ1v) is 8.44. The van der Waals surface area contributed by atoms with Crippen LogP contribution >= 0.6 is 0 Å². The standard InChI is InChI=1S/C19H22N2O3/c1-3-11-24-19(23)16-12(2)21-14-5-4-6-15(22)18(14)17(16)13-7-9-20-10-8-13/h7-10,17,21H,3-6,11H2,1-2H3. The number of nitrogens with one attached hydrogen (secondary N) is 1. The van der Waals surface area contributed by atoms with Crippen LogP contribution in [0.1, 0.15) is 51.0 Å². The highest BCUT2D eigenvalue weighted by Crippen LogP contribution is 2.42. The van der Waals surface area contributed by atoms with Crippen LogP contribution in [0.5, 0.6) is 0 Å². The third kappa shape index (κ3) is 2.98.